The first kappa shape index (κ1) is 19.2. The van der Waals surface area contributed by atoms with Crippen LogP contribution >= 0.6 is 23.2 Å². The predicted octanol–water partition coefficient (Wildman–Crippen LogP) is 3.88. The lowest BCUT2D eigenvalue weighted by atomic mass is 10.1. The minimum absolute atomic E-state index is 0.153. The Morgan fingerprint density at radius 3 is 2.16 bits per heavy atom. The fourth-order valence-electron chi connectivity index (χ4n) is 2.34. The molecule has 0 fully saturated rings. The molecule has 134 valence electrons. The molecule has 0 atom stereocenters. The SMILES string of the molecule is COc1cc(CC(=O)NCc2ccc(Cl)cc2Cl)cc(OC)c1OC. The van der Waals surface area contributed by atoms with Crippen molar-refractivity contribution in [3.63, 3.8) is 0 Å². The van der Waals surface area contributed by atoms with Crippen LogP contribution in [-0.4, -0.2) is 27.2 Å². The van der Waals surface area contributed by atoms with Gasteiger partial charge in [0.1, 0.15) is 0 Å². The molecule has 2 rings (SSSR count). The number of ether oxygens (including phenoxy) is 3. The number of rotatable bonds is 7. The van der Waals surface area contributed by atoms with Crippen molar-refractivity contribution in [1.82, 2.24) is 5.32 Å². The van der Waals surface area contributed by atoms with Gasteiger partial charge in [-0.15, -0.1) is 0 Å². The molecule has 0 saturated heterocycles. The van der Waals surface area contributed by atoms with Crippen LogP contribution in [0.2, 0.25) is 10.0 Å². The first-order chi connectivity index (χ1) is 12.0. The molecule has 2 aromatic rings. The van der Waals surface area contributed by atoms with Crippen LogP contribution in [0, 0.1) is 0 Å². The van der Waals surface area contributed by atoms with E-state index in [1.54, 1.807) is 30.3 Å². The summed E-state index contributed by atoms with van der Waals surface area (Å²) in [6, 6.07) is 8.65. The number of methoxy groups -OCH3 is 3. The Labute approximate surface area is 156 Å². The summed E-state index contributed by atoms with van der Waals surface area (Å²) in [5.74, 6) is 1.35. The molecule has 0 aliphatic heterocycles. The number of carbonyl (C=O) groups is 1. The van der Waals surface area contributed by atoms with E-state index >= 15 is 0 Å². The molecule has 0 radical (unpaired) electrons. The molecular weight excluding hydrogens is 365 g/mol. The second kappa shape index (κ2) is 8.83. The van der Waals surface area contributed by atoms with Gasteiger partial charge in [0.15, 0.2) is 11.5 Å². The Bertz CT molecular complexity index is 740. The molecule has 5 nitrogen and oxygen atoms in total. The van der Waals surface area contributed by atoms with Crippen molar-refractivity contribution >= 4 is 29.1 Å². The zero-order chi connectivity index (χ0) is 18.4. The number of carbonyl (C=O) groups excluding carboxylic acids is 1. The van der Waals surface area contributed by atoms with Crippen molar-refractivity contribution in [2.45, 2.75) is 13.0 Å². The average molecular weight is 384 g/mol. The van der Waals surface area contributed by atoms with Crippen LogP contribution in [0.25, 0.3) is 0 Å². The van der Waals surface area contributed by atoms with Gasteiger partial charge in [-0.2, -0.15) is 0 Å². The van der Waals surface area contributed by atoms with Gasteiger partial charge in [-0.05, 0) is 35.4 Å². The largest absolute Gasteiger partial charge is 0.493 e. The lowest BCUT2D eigenvalue weighted by Crippen LogP contribution is -2.24. The van der Waals surface area contributed by atoms with Crippen LogP contribution in [-0.2, 0) is 17.8 Å². The van der Waals surface area contributed by atoms with Crippen LogP contribution in [0.4, 0.5) is 0 Å². The van der Waals surface area contributed by atoms with Gasteiger partial charge in [-0.25, -0.2) is 0 Å². The number of benzene rings is 2. The van der Waals surface area contributed by atoms with Gasteiger partial charge in [0.2, 0.25) is 11.7 Å². The first-order valence-electron chi connectivity index (χ1n) is 7.48. The zero-order valence-electron chi connectivity index (χ0n) is 14.2. The van der Waals surface area contributed by atoms with E-state index in [1.165, 1.54) is 21.3 Å². The van der Waals surface area contributed by atoms with Crippen LogP contribution in [0.3, 0.4) is 0 Å². The van der Waals surface area contributed by atoms with Crippen molar-refractivity contribution in [1.29, 1.82) is 0 Å². The second-order valence-corrected chi connectivity index (χ2v) is 6.07. The summed E-state index contributed by atoms with van der Waals surface area (Å²) in [7, 11) is 4.59. The van der Waals surface area contributed by atoms with Crippen LogP contribution in [0.5, 0.6) is 17.2 Å². The van der Waals surface area contributed by atoms with Gasteiger partial charge in [-0.1, -0.05) is 29.3 Å². The van der Waals surface area contributed by atoms with Gasteiger partial charge in [0.25, 0.3) is 0 Å². The number of nitrogens with one attached hydrogen (secondary N) is 1. The molecule has 0 unspecified atom stereocenters. The zero-order valence-corrected chi connectivity index (χ0v) is 15.7. The molecule has 25 heavy (non-hydrogen) atoms. The topological polar surface area (TPSA) is 56.8 Å². The van der Waals surface area contributed by atoms with Crippen molar-refractivity contribution < 1.29 is 19.0 Å². The van der Waals surface area contributed by atoms with Crippen molar-refractivity contribution in [3.05, 3.63) is 51.5 Å². The highest BCUT2D eigenvalue weighted by atomic mass is 35.5. The van der Waals surface area contributed by atoms with Crippen LogP contribution in [0.1, 0.15) is 11.1 Å². The Morgan fingerprint density at radius 2 is 1.64 bits per heavy atom. The lowest BCUT2D eigenvalue weighted by Gasteiger charge is -2.14. The molecule has 0 bridgehead atoms. The molecule has 0 aliphatic rings. The Kier molecular flexibility index (Phi) is 6.79. The van der Waals surface area contributed by atoms with Crippen molar-refractivity contribution in [3.8, 4) is 17.2 Å². The molecule has 0 aromatic heterocycles. The molecular formula is C18H19Cl2NO4. The summed E-state index contributed by atoms with van der Waals surface area (Å²) < 4.78 is 15.9. The highest BCUT2D eigenvalue weighted by Gasteiger charge is 2.15. The summed E-state index contributed by atoms with van der Waals surface area (Å²) >= 11 is 12.0. The third kappa shape index (κ3) is 4.94. The van der Waals surface area contributed by atoms with E-state index < -0.39 is 0 Å². The molecule has 0 aliphatic carbocycles. The van der Waals surface area contributed by atoms with Gasteiger partial charge < -0.3 is 19.5 Å². The van der Waals surface area contributed by atoms with Crippen molar-refractivity contribution in [2.75, 3.05) is 21.3 Å². The fourth-order valence-corrected chi connectivity index (χ4v) is 2.82. The first-order valence-corrected chi connectivity index (χ1v) is 8.23. The second-order valence-electron chi connectivity index (χ2n) is 5.22. The maximum atomic E-state index is 12.2. The van der Waals surface area contributed by atoms with Crippen LogP contribution in [0.15, 0.2) is 30.3 Å². The van der Waals surface area contributed by atoms with E-state index in [9.17, 15) is 4.79 Å². The van der Waals surface area contributed by atoms with E-state index in [2.05, 4.69) is 5.32 Å². The molecule has 0 spiro atoms. The molecule has 7 heteroatoms. The number of amides is 1. The Hall–Kier alpha value is -2.11. The summed E-state index contributed by atoms with van der Waals surface area (Å²) in [4.78, 5) is 12.2. The molecule has 1 amide bonds. The fraction of sp³-hybridized carbons (Fsp3) is 0.278. The third-order valence-electron chi connectivity index (χ3n) is 3.58. The van der Waals surface area contributed by atoms with Crippen molar-refractivity contribution in [2.24, 2.45) is 0 Å². The third-order valence-corrected chi connectivity index (χ3v) is 4.17. The van der Waals surface area contributed by atoms with E-state index in [1.807, 2.05) is 0 Å². The average Bonchev–Trinajstić information content (AvgIpc) is 2.60. The molecule has 0 heterocycles. The highest BCUT2D eigenvalue weighted by molar-refractivity contribution is 6.35. The quantitative estimate of drug-likeness (QED) is 0.787. The number of hydrogen-bond donors (Lipinski definition) is 1. The summed E-state index contributed by atoms with van der Waals surface area (Å²) in [5.41, 5.74) is 1.54. The standard InChI is InChI=1S/C18H19Cl2NO4/c1-23-15-6-11(7-16(24-2)18(15)25-3)8-17(22)21-10-12-4-5-13(19)9-14(12)20/h4-7,9H,8,10H2,1-3H3,(H,21,22). The number of hydrogen-bond acceptors (Lipinski definition) is 4. The monoisotopic (exact) mass is 383 g/mol. The Balaban J connectivity index is 2.07. The van der Waals surface area contributed by atoms with Crippen LogP contribution < -0.4 is 19.5 Å². The maximum Gasteiger partial charge on any atom is 0.224 e. The van der Waals surface area contributed by atoms with Gasteiger partial charge in [-0.3, -0.25) is 4.79 Å². The normalized spacial score (nSPS) is 10.3. The highest BCUT2D eigenvalue weighted by Crippen LogP contribution is 2.38. The minimum atomic E-state index is -0.153. The molecule has 1 N–H and O–H groups in total. The molecule has 2 aromatic carbocycles. The summed E-state index contributed by atoms with van der Waals surface area (Å²) in [6.07, 6.45) is 0.169. The lowest BCUT2D eigenvalue weighted by molar-refractivity contribution is -0.120. The minimum Gasteiger partial charge on any atom is -0.493 e. The van der Waals surface area contributed by atoms with Gasteiger partial charge >= 0.3 is 0 Å². The smallest absolute Gasteiger partial charge is 0.224 e. The maximum absolute atomic E-state index is 12.2. The van der Waals surface area contributed by atoms with E-state index in [0.717, 1.165) is 11.1 Å². The van der Waals surface area contributed by atoms with Gasteiger partial charge in [0.05, 0.1) is 27.8 Å². The Morgan fingerprint density at radius 1 is 1.00 bits per heavy atom. The van der Waals surface area contributed by atoms with E-state index in [4.69, 9.17) is 37.4 Å². The predicted molar refractivity (Wildman–Crippen MR) is 98.1 cm³/mol. The van der Waals surface area contributed by atoms with Gasteiger partial charge in [0, 0.05) is 16.6 Å². The summed E-state index contributed by atoms with van der Waals surface area (Å²) in [5, 5.41) is 3.90. The number of halogens is 2. The van der Waals surface area contributed by atoms with E-state index in [0.29, 0.717) is 33.8 Å². The summed E-state index contributed by atoms with van der Waals surface area (Å²) in [6.45, 7) is 0.319. The van der Waals surface area contributed by atoms with E-state index in [-0.39, 0.29) is 12.3 Å². The molecule has 0 saturated carbocycles.